The van der Waals surface area contributed by atoms with Crippen LogP contribution in [0.15, 0.2) is 35.0 Å². The van der Waals surface area contributed by atoms with Crippen LogP contribution >= 0.6 is 0 Å². The van der Waals surface area contributed by atoms with Gasteiger partial charge >= 0.3 is 0 Å². The molecule has 5 heteroatoms. The van der Waals surface area contributed by atoms with Crippen molar-refractivity contribution in [2.75, 3.05) is 5.32 Å². The zero-order chi connectivity index (χ0) is 12.3. The van der Waals surface area contributed by atoms with Gasteiger partial charge in [0.2, 0.25) is 5.76 Å². The Kier molecular flexibility index (Phi) is 3.20. The van der Waals surface area contributed by atoms with Crippen LogP contribution in [0.25, 0.3) is 0 Å². The summed E-state index contributed by atoms with van der Waals surface area (Å²) in [6.07, 6.45) is 1.48. The van der Waals surface area contributed by atoms with Gasteiger partial charge in [-0.2, -0.15) is 0 Å². The van der Waals surface area contributed by atoms with Gasteiger partial charge in [-0.1, -0.05) is 23.4 Å². The summed E-state index contributed by atoms with van der Waals surface area (Å²) in [5.41, 5.74) is 1.89. The van der Waals surface area contributed by atoms with Crippen LogP contribution in [0.3, 0.4) is 0 Å². The lowest BCUT2D eigenvalue weighted by atomic mass is 10.2. The van der Waals surface area contributed by atoms with Crippen molar-refractivity contribution in [1.82, 2.24) is 5.16 Å². The van der Waals surface area contributed by atoms with Crippen LogP contribution in [0.1, 0.15) is 21.7 Å². The lowest BCUT2D eigenvalue weighted by Crippen LogP contribution is -2.13. The molecule has 2 aromatic rings. The summed E-state index contributed by atoms with van der Waals surface area (Å²) >= 11 is 0. The van der Waals surface area contributed by atoms with Gasteiger partial charge in [0, 0.05) is 16.8 Å². The fourth-order valence-corrected chi connectivity index (χ4v) is 1.47. The quantitative estimate of drug-likeness (QED) is 0.845. The van der Waals surface area contributed by atoms with E-state index in [1.54, 1.807) is 31.2 Å². The van der Waals surface area contributed by atoms with Crippen molar-refractivity contribution >= 4 is 11.6 Å². The maximum Gasteiger partial charge on any atom is 0.294 e. The van der Waals surface area contributed by atoms with E-state index >= 15 is 0 Å². The van der Waals surface area contributed by atoms with E-state index in [1.807, 2.05) is 0 Å². The van der Waals surface area contributed by atoms with Gasteiger partial charge < -0.3 is 14.9 Å². The van der Waals surface area contributed by atoms with Gasteiger partial charge in [-0.05, 0) is 13.0 Å². The topological polar surface area (TPSA) is 75.4 Å². The summed E-state index contributed by atoms with van der Waals surface area (Å²) in [5.74, 6) is -0.196. The second-order valence-electron chi connectivity index (χ2n) is 3.61. The highest BCUT2D eigenvalue weighted by molar-refractivity contribution is 6.03. The first-order valence-electron chi connectivity index (χ1n) is 5.13. The van der Waals surface area contributed by atoms with Crippen molar-refractivity contribution in [2.24, 2.45) is 0 Å². The average Bonchev–Trinajstić information content (AvgIpc) is 2.76. The Hall–Kier alpha value is -2.14. The molecule has 5 nitrogen and oxygen atoms in total. The van der Waals surface area contributed by atoms with Crippen molar-refractivity contribution in [3.63, 3.8) is 0 Å². The number of anilines is 1. The van der Waals surface area contributed by atoms with E-state index in [0.29, 0.717) is 16.8 Å². The predicted molar refractivity (Wildman–Crippen MR) is 61.6 cm³/mol. The number of aromatic nitrogens is 1. The molecule has 1 aromatic carbocycles. The number of aryl methyl sites for hydroxylation is 1. The number of hydrogen-bond acceptors (Lipinski definition) is 4. The Labute approximate surface area is 98.1 Å². The zero-order valence-electron chi connectivity index (χ0n) is 9.30. The van der Waals surface area contributed by atoms with E-state index < -0.39 is 0 Å². The van der Waals surface area contributed by atoms with E-state index in [9.17, 15) is 4.79 Å². The maximum atomic E-state index is 11.8. The number of carbonyl (C=O) groups excluding carboxylic acids is 1. The number of nitrogens with one attached hydrogen (secondary N) is 1. The number of aliphatic hydroxyl groups is 1. The second kappa shape index (κ2) is 4.80. The van der Waals surface area contributed by atoms with Gasteiger partial charge in [-0.3, -0.25) is 4.79 Å². The molecule has 88 valence electrons. The molecular weight excluding hydrogens is 220 g/mol. The standard InChI is InChI=1S/C12H12N2O3/c1-8-6-13-17-11(8)12(16)14-10-5-3-2-4-9(10)7-15/h2-6,15H,7H2,1H3,(H,14,16). The van der Waals surface area contributed by atoms with Gasteiger partial charge in [0.1, 0.15) is 0 Å². The third-order valence-corrected chi connectivity index (χ3v) is 2.39. The van der Waals surface area contributed by atoms with E-state index in [1.165, 1.54) is 6.20 Å². The van der Waals surface area contributed by atoms with Crippen LogP contribution in [0.4, 0.5) is 5.69 Å². The molecular formula is C12H12N2O3. The van der Waals surface area contributed by atoms with Gasteiger partial charge in [0.05, 0.1) is 12.8 Å². The van der Waals surface area contributed by atoms with E-state index in [-0.39, 0.29) is 18.3 Å². The Morgan fingerprint density at radius 1 is 1.47 bits per heavy atom. The summed E-state index contributed by atoms with van der Waals surface area (Å²) in [6.45, 7) is 1.61. The molecule has 0 aliphatic heterocycles. The van der Waals surface area contributed by atoms with Crippen LogP contribution in [-0.2, 0) is 6.61 Å². The molecule has 0 atom stereocenters. The highest BCUT2D eigenvalue weighted by Crippen LogP contribution is 2.16. The predicted octanol–water partition coefficient (Wildman–Crippen LogP) is 1.73. The molecule has 1 amide bonds. The Balaban J connectivity index is 2.22. The third kappa shape index (κ3) is 2.34. The summed E-state index contributed by atoms with van der Waals surface area (Å²) in [4.78, 5) is 11.8. The summed E-state index contributed by atoms with van der Waals surface area (Å²) in [7, 11) is 0. The molecule has 1 heterocycles. The molecule has 0 spiro atoms. The summed E-state index contributed by atoms with van der Waals surface area (Å²) in [5, 5.41) is 15.3. The molecule has 2 rings (SSSR count). The normalized spacial score (nSPS) is 10.2. The van der Waals surface area contributed by atoms with Crippen LogP contribution in [0.2, 0.25) is 0 Å². The van der Waals surface area contributed by atoms with Gasteiger partial charge in [0.25, 0.3) is 5.91 Å². The molecule has 0 radical (unpaired) electrons. The first-order valence-corrected chi connectivity index (χ1v) is 5.13. The highest BCUT2D eigenvalue weighted by Gasteiger charge is 2.15. The van der Waals surface area contributed by atoms with Gasteiger partial charge in [-0.25, -0.2) is 0 Å². The van der Waals surface area contributed by atoms with Gasteiger partial charge in [-0.15, -0.1) is 0 Å². The fourth-order valence-electron chi connectivity index (χ4n) is 1.47. The number of aliphatic hydroxyl groups excluding tert-OH is 1. The third-order valence-electron chi connectivity index (χ3n) is 2.39. The minimum atomic E-state index is -0.374. The molecule has 17 heavy (non-hydrogen) atoms. The molecule has 0 saturated heterocycles. The number of carbonyl (C=O) groups is 1. The van der Waals surface area contributed by atoms with Crippen LogP contribution in [0.5, 0.6) is 0 Å². The molecule has 2 N–H and O–H groups in total. The lowest BCUT2D eigenvalue weighted by Gasteiger charge is -2.07. The smallest absolute Gasteiger partial charge is 0.294 e. The molecule has 0 bridgehead atoms. The summed E-state index contributed by atoms with van der Waals surface area (Å²) in [6, 6.07) is 7.03. The van der Waals surface area contributed by atoms with Crippen LogP contribution in [-0.4, -0.2) is 16.2 Å². The van der Waals surface area contributed by atoms with Crippen molar-refractivity contribution in [2.45, 2.75) is 13.5 Å². The van der Waals surface area contributed by atoms with Crippen molar-refractivity contribution in [1.29, 1.82) is 0 Å². The highest BCUT2D eigenvalue weighted by atomic mass is 16.5. The number of benzene rings is 1. The molecule has 1 aromatic heterocycles. The molecule has 0 saturated carbocycles. The Bertz CT molecular complexity index is 534. The second-order valence-corrected chi connectivity index (χ2v) is 3.61. The largest absolute Gasteiger partial charge is 0.392 e. The number of rotatable bonds is 3. The van der Waals surface area contributed by atoms with Gasteiger partial charge in [0.15, 0.2) is 0 Å². The maximum absolute atomic E-state index is 11.8. The van der Waals surface area contributed by atoms with Crippen LogP contribution in [0, 0.1) is 6.92 Å². The molecule has 0 aliphatic rings. The monoisotopic (exact) mass is 232 g/mol. The first-order chi connectivity index (χ1) is 8.22. The Morgan fingerprint density at radius 3 is 2.88 bits per heavy atom. The molecule has 0 aliphatic carbocycles. The lowest BCUT2D eigenvalue weighted by molar-refractivity contribution is 0.0987. The SMILES string of the molecule is Cc1cnoc1C(=O)Nc1ccccc1CO. The van der Waals surface area contributed by atoms with E-state index in [2.05, 4.69) is 10.5 Å². The van der Waals surface area contributed by atoms with E-state index in [4.69, 9.17) is 9.63 Å². The zero-order valence-corrected chi connectivity index (χ0v) is 9.30. The molecule has 0 fully saturated rings. The number of para-hydroxylation sites is 1. The van der Waals surface area contributed by atoms with Crippen molar-refractivity contribution in [3.05, 3.63) is 47.3 Å². The van der Waals surface area contributed by atoms with E-state index in [0.717, 1.165) is 0 Å². The first kappa shape index (κ1) is 11.3. The fraction of sp³-hybridized carbons (Fsp3) is 0.167. The number of hydrogen-bond donors (Lipinski definition) is 2. The van der Waals surface area contributed by atoms with Crippen molar-refractivity contribution in [3.8, 4) is 0 Å². The summed E-state index contributed by atoms with van der Waals surface area (Å²) < 4.78 is 4.85. The molecule has 0 unspecified atom stereocenters. The Morgan fingerprint density at radius 2 is 2.24 bits per heavy atom. The number of nitrogens with zero attached hydrogens (tertiary/aromatic N) is 1. The van der Waals surface area contributed by atoms with Crippen LogP contribution < -0.4 is 5.32 Å². The number of amides is 1. The minimum Gasteiger partial charge on any atom is -0.392 e. The average molecular weight is 232 g/mol. The minimum absolute atomic E-state index is 0.133. The van der Waals surface area contributed by atoms with Crippen molar-refractivity contribution < 1.29 is 14.4 Å².